The highest BCUT2D eigenvalue weighted by atomic mass is 32.2. The average molecular weight is 276 g/mol. The maximum absolute atomic E-state index is 5.21. The number of methoxy groups -OCH3 is 1. The highest BCUT2D eigenvalue weighted by Crippen LogP contribution is 2.25. The van der Waals surface area contributed by atoms with E-state index in [0.717, 1.165) is 17.3 Å². The van der Waals surface area contributed by atoms with Crippen molar-refractivity contribution >= 4 is 23.5 Å². The quantitative estimate of drug-likeness (QED) is 0.564. The minimum Gasteiger partial charge on any atom is -0.497 e. The van der Waals surface area contributed by atoms with Gasteiger partial charge in [0.2, 0.25) is 0 Å². The van der Waals surface area contributed by atoms with Crippen molar-refractivity contribution in [3.8, 4) is 5.75 Å². The van der Waals surface area contributed by atoms with Crippen molar-refractivity contribution in [2.45, 2.75) is 9.79 Å². The van der Waals surface area contributed by atoms with E-state index in [0.29, 0.717) is 0 Å². The molecule has 0 aromatic heterocycles. The number of rotatable bonds is 6. The van der Waals surface area contributed by atoms with Crippen LogP contribution in [-0.4, -0.2) is 18.6 Å². The molecule has 2 aromatic carbocycles. The molecule has 94 valence electrons. The first kappa shape index (κ1) is 13.4. The Morgan fingerprint density at radius 3 is 2.22 bits per heavy atom. The molecular weight excluding hydrogens is 260 g/mol. The summed E-state index contributed by atoms with van der Waals surface area (Å²) in [6, 6.07) is 18.7. The summed E-state index contributed by atoms with van der Waals surface area (Å²) in [5.41, 5.74) is 0. The predicted octanol–water partition coefficient (Wildman–Crippen LogP) is 4.58. The van der Waals surface area contributed by atoms with Crippen LogP contribution in [0.5, 0.6) is 5.75 Å². The van der Waals surface area contributed by atoms with Gasteiger partial charge in [0, 0.05) is 21.3 Å². The van der Waals surface area contributed by atoms with Crippen molar-refractivity contribution in [1.29, 1.82) is 0 Å². The second-order valence-corrected chi connectivity index (χ2v) is 6.03. The van der Waals surface area contributed by atoms with Crippen LogP contribution in [0.4, 0.5) is 0 Å². The van der Waals surface area contributed by atoms with E-state index < -0.39 is 0 Å². The lowest BCUT2D eigenvalue weighted by molar-refractivity contribution is 0.413. The fourth-order valence-corrected chi connectivity index (χ4v) is 3.39. The van der Waals surface area contributed by atoms with Crippen LogP contribution in [0.2, 0.25) is 0 Å². The van der Waals surface area contributed by atoms with Gasteiger partial charge in [-0.3, -0.25) is 0 Å². The van der Waals surface area contributed by atoms with Crippen molar-refractivity contribution in [1.82, 2.24) is 0 Å². The van der Waals surface area contributed by atoms with Gasteiger partial charge in [-0.05, 0) is 30.3 Å². The second-order valence-electron chi connectivity index (χ2n) is 3.69. The molecule has 0 amide bonds. The van der Waals surface area contributed by atoms with Gasteiger partial charge >= 0.3 is 0 Å². The first-order valence-electron chi connectivity index (χ1n) is 5.83. The summed E-state index contributed by atoms with van der Waals surface area (Å²) in [4.78, 5) is 2.60. The van der Waals surface area contributed by atoms with E-state index in [1.807, 2.05) is 35.7 Å². The maximum Gasteiger partial charge on any atom is 0.119 e. The van der Waals surface area contributed by atoms with Crippen molar-refractivity contribution < 1.29 is 4.74 Å². The summed E-state index contributed by atoms with van der Waals surface area (Å²) in [5.74, 6) is 3.15. The number of hydrogen-bond acceptors (Lipinski definition) is 3. The van der Waals surface area contributed by atoms with E-state index in [1.165, 1.54) is 9.79 Å². The van der Waals surface area contributed by atoms with E-state index >= 15 is 0 Å². The van der Waals surface area contributed by atoms with Gasteiger partial charge in [-0.15, -0.1) is 23.5 Å². The molecule has 18 heavy (non-hydrogen) atoms. The lowest BCUT2D eigenvalue weighted by Crippen LogP contribution is -1.86. The minimum absolute atomic E-state index is 0.927. The van der Waals surface area contributed by atoms with Gasteiger partial charge in [-0.2, -0.15) is 0 Å². The Morgan fingerprint density at radius 2 is 1.50 bits per heavy atom. The van der Waals surface area contributed by atoms with Crippen LogP contribution in [0.25, 0.3) is 0 Å². The van der Waals surface area contributed by atoms with Crippen molar-refractivity contribution in [3.05, 3.63) is 54.6 Å². The lowest BCUT2D eigenvalue weighted by Gasteiger charge is -2.04. The third kappa shape index (κ3) is 4.31. The molecular formula is C15H16OS2. The van der Waals surface area contributed by atoms with Crippen LogP contribution in [0.3, 0.4) is 0 Å². The van der Waals surface area contributed by atoms with Gasteiger partial charge in [-0.1, -0.05) is 24.3 Å². The molecule has 0 aliphatic carbocycles. The number of benzene rings is 2. The van der Waals surface area contributed by atoms with Crippen LogP contribution in [0.15, 0.2) is 64.4 Å². The number of hydrogen-bond donors (Lipinski definition) is 0. The number of ether oxygens (including phenoxy) is 1. The molecule has 0 fully saturated rings. The Morgan fingerprint density at radius 1 is 0.833 bits per heavy atom. The molecule has 2 aromatic rings. The van der Waals surface area contributed by atoms with E-state index in [9.17, 15) is 0 Å². The highest BCUT2D eigenvalue weighted by molar-refractivity contribution is 8.03. The minimum atomic E-state index is 0.927. The Labute approximate surface area is 117 Å². The summed E-state index contributed by atoms with van der Waals surface area (Å²) in [6.07, 6.45) is 0. The lowest BCUT2D eigenvalue weighted by atomic mass is 10.3. The van der Waals surface area contributed by atoms with Gasteiger partial charge in [0.15, 0.2) is 0 Å². The Kier molecular flexibility index (Phi) is 5.49. The molecule has 0 saturated heterocycles. The monoisotopic (exact) mass is 276 g/mol. The maximum atomic E-state index is 5.21. The first-order valence-corrected chi connectivity index (χ1v) is 7.80. The fraction of sp³-hybridized carbons (Fsp3) is 0.200. The van der Waals surface area contributed by atoms with Crippen molar-refractivity contribution in [3.63, 3.8) is 0 Å². The summed E-state index contributed by atoms with van der Waals surface area (Å²) in [5, 5.41) is 0. The normalized spacial score (nSPS) is 10.3. The van der Waals surface area contributed by atoms with Crippen molar-refractivity contribution in [2.75, 3.05) is 18.6 Å². The molecule has 2 rings (SSSR count). The van der Waals surface area contributed by atoms with Crippen LogP contribution in [-0.2, 0) is 0 Å². The molecule has 0 unspecified atom stereocenters. The Hall–Kier alpha value is -1.06. The molecule has 0 atom stereocenters. The molecule has 0 aliphatic heterocycles. The summed E-state index contributed by atoms with van der Waals surface area (Å²) in [7, 11) is 1.70. The molecule has 0 saturated carbocycles. The molecule has 0 aliphatic rings. The topological polar surface area (TPSA) is 9.23 Å². The molecule has 1 nitrogen and oxygen atoms in total. The Balaban J connectivity index is 1.75. The smallest absolute Gasteiger partial charge is 0.119 e. The van der Waals surface area contributed by atoms with Gasteiger partial charge in [0.25, 0.3) is 0 Å². The van der Waals surface area contributed by atoms with Crippen LogP contribution < -0.4 is 4.74 Å². The van der Waals surface area contributed by atoms with E-state index in [2.05, 4.69) is 42.5 Å². The van der Waals surface area contributed by atoms with Gasteiger partial charge in [0.05, 0.1) is 7.11 Å². The third-order valence-corrected chi connectivity index (χ3v) is 4.67. The SMILES string of the molecule is COc1cccc(SCCSc2ccccc2)c1. The summed E-state index contributed by atoms with van der Waals surface area (Å²) in [6.45, 7) is 0. The molecule has 0 N–H and O–H groups in total. The van der Waals surface area contributed by atoms with Gasteiger partial charge in [-0.25, -0.2) is 0 Å². The van der Waals surface area contributed by atoms with Crippen LogP contribution >= 0.6 is 23.5 Å². The van der Waals surface area contributed by atoms with E-state index in [4.69, 9.17) is 4.74 Å². The largest absolute Gasteiger partial charge is 0.497 e. The molecule has 0 bridgehead atoms. The van der Waals surface area contributed by atoms with Gasteiger partial charge in [0.1, 0.15) is 5.75 Å². The average Bonchev–Trinajstić information content (AvgIpc) is 2.45. The van der Waals surface area contributed by atoms with E-state index in [-0.39, 0.29) is 0 Å². The van der Waals surface area contributed by atoms with Crippen molar-refractivity contribution in [2.24, 2.45) is 0 Å². The zero-order valence-corrected chi connectivity index (χ0v) is 12.0. The zero-order valence-electron chi connectivity index (χ0n) is 10.3. The third-order valence-electron chi connectivity index (χ3n) is 2.41. The molecule has 0 radical (unpaired) electrons. The molecule has 3 heteroatoms. The first-order chi connectivity index (χ1) is 8.88. The predicted molar refractivity (Wildman–Crippen MR) is 80.9 cm³/mol. The van der Waals surface area contributed by atoms with Crippen LogP contribution in [0, 0.1) is 0 Å². The van der Waals surface area contributed by atoms with Gasteiger partial charge < -0.3 is 4.74 Å². The number of thioether (sulfide) groups is 2. The summed E-state index contributed by atoms with van der Waals surface area (Å²) < 4.78 is 5.21. The highest BCUT2D eigenvalue weighted by Gasteiger charge is 1.97. The fourth-order valence-electron chi connectivity index (χ4n) is 1.53. The zero-order chi connectivity index (χ0) is 12.6. The molecule has 0 spiro atoms. The Bertz CT molecular complexity index is 471. The second kappa shape index (κ2) is 7.39. The van der Waals surface area contributed by atoms with Crippen LogP contribution in [0.1, 0.15) is 0 Å². The summed E-state index contributed by atoms with van der Waals surface area (Å²) >= 11 is 3.77. The van der Waals surface area contributed by atoms with E-state index in [1.54, 1.807) is 7.11 Å². The standard InChI is InChI=1S/C15H16OS2/c1-16-13-6-5-9-15(12-13)18-11-10-17-14-7-3-2-4-8-14/h2-9,12H,10-11H2,1H3. The molecule has 0 heterocycles.